The molecule has 0 aliphatic carbocycles. The molecule has 0 spiro atoms. The van der Waals surface area contributed by atoms with Crippen molar-refractivity contribution in [3.8, 4) is 0 Å². The molecule has 0 nitrogen and oxygen atoms in total. The van der Waals surface area contributed by atoms with Gasteiger partial charge in [-0.3, -0.25) is 0 Å². The molecule has 0 saturated carbocycles. The van der Waals surface area contributed by atoms with Gasteiger partial charge in [0, 0.05) is 0 Å². The first-order chi connectivity index (χ1) is 22.3. The van der Waals surface area contributed by atoms with Gasteiger partial charge < -0.3 is 0 Å². The van der Waals surface area contributed by atoms with E-state index in [4.69, 9.17) is 0 Å². The number of hydrogen-bond donors (Lipinski definition) is 0. The Balaban J connectivity index is 0.000000170. The van der Waals surface area contributed by atoms with Crippen molar-refractivity contribution in [3.63, 3.8) is 0 Å². The van der Waals surface area contributed by atoms with Gasteiger partial charge in [-0.05, 0) is 47.7 Å². The van der Waals surface area contributed by atoms with Gasteiger partial charge >= 0.3 is 20.4 Å². The van der Waals surface area contributed by atoms with E-state index >= 15 is 0 Å². The molecule has 0 aliphatic rings. The summed E-state index contributed by atoms with van der Waals surface area (Å²) in [4.78, 5) is 0. The number of aryl methyl sites for hydroxylation is 1. The molecular weight excluding hydrogens is 685 g/mol. The number of rotatable bonds is 6. The molecule has 0 aliphatic heterocycles. The van der Waals surface area contributed by atoms with Crippen LogP contribution in [0.3, 0.4) is 0 Å². The molecule has 228 valence electrons. The average Bonchev–Trinajstić information content (AvgIpc) is 3.12. The molecule has 0 atom stereocenters. The predicted octanol–water partition coefficient (Wildman–Crippen LogP) is 8.68. The zero-order chi connectivity index (χ0) is 30.9. The van der Waals surface area contributed by atoms with E-state index in [0.717, 1.165) is 0 Å². The molecular formula is C43H37P2Pd+. The fraction of sp³-hybridized carbons (Fsp3) is 0.0233. The second-order valence-electron chi connectivity index (χ2n) is 10.3. The minimum Gasteiger partial charge on any atom is -0.184 e. The van der Waals surface area contributed by atoms with Gasteiger partial charge in [-0.15, -0.1) is 0 Å². The van der Waals surface area contributed by atoms with E-state index in [1.54, 1.807) is 0 Å². The third-order valence-electron chi connectivity index (χ3n) is 6.97. The largest absolute Gasteiger partial charge is 2.00 e. The van der Waals surface area contributed by atoms with Gasteiger partial charge in [-0.2, -0.15) is 35.9 Å². The van der Waals surface area contributed by atoms with Gasteiger partial charge in [0.05, 0.1) is 0 Å². The maximum Gasteiger partial charge on any atom is 2.00 e. The van der Waals surface area contributed by atoms with Crippen LogP contribution in [0.4, 0.5) is 0 Å². The van der Waals surface area contributed by atoms with Crippen molar-refractivity contribution >= 4 is 47.7 Å². The second-order valence-corrected chi connectivity index (χ2v) is 14.7. The van der Waals surface area contributed by atoms with Crippen LogP contribution in [-0.2, 0) is 20.4 Å². The summed E-state index contributed by atoms with van der Waals surface area (Å²) in [5.74, 6) is 0. The van der Waals surface area contributed by atoms with Crippen molar-refractivity contribution in [1.29, 1.82) is 0 Å². The minimum absolute atomic E-state index is 0. The van der Waals surface area contributed by atoms with E-state index in [9.17, 15) is 0 Å². The quantitative estimate of drug-likeness (QED) is 0.0917. The molecule has 0 aromatic heterocycles. The molecule has 0 heterocycles. The van der Waals surface area contributed by atoms with Gasteiger partial charge in [0.25, 0.3) is 0 Å². The van der Waals surface area contributed by atoms with Crippen molar-refractivity contribution in [1.82, 2.24) is 0 Å². The van der Waals surface area contributed by atoms with E-state index in [2.05, 4.69) is 195 Å². The SMILES string of the molecule is Cc1cc[c-]cc1.[Pd+2].c1ccc(P(c2ccccc2)c2ccccc2)cc1.c1ccc(P(c2ccccc2)c2ccccc2)cc1. The Bertz CT molecular complexity index is 1460. The van der Waals surface area contributed by atoms with Gasteiger partial charge in [-0.1, -0.05) is 189 Å². The minimum atomic E-state index is -0.446. The molecule has 0 amide bonds. The summed E-state index contributed by atoms with van der Waals surface area (Å²) in [6, 6.07) is 75.5. The zero-order valence-electron chi connectivity index (χ0n) is 25.8. The standard InChI is InChI=1S/2C18H15P.C7H7.Pd/c2*1-4-10-16(11-5-1)19(17-12-6-2-7-13-17)18-14-8-3-9-15-18;1-7-5-3-2-4-6-7;/h2*1-15H;3-6H,1H3;/q;;-1;+2. The van der Waals surface area contributed by atoms with Crippen LogP contribution in [0, 0.1) is 13.0 Å². The van der Waals surface area contributed by atoms with E-state index < -0.39 is 15.8 Å². The summed E-state index contributed by atoms with van der Waals surface area (Å²) in [6.45, 7) is 2.06. The second kappa shape index (κ2) is 19.5. The van der Waals surface area contributed by atoms with Crippen molar-refractivity contribution in [2.45, 2.75) is 6.92 Å². The van der Waals surface area contributed by atoms with Crippen LogP contribution in [0.1, 0.15) is 5.56 Å². The molecule has 46 heavy (non-hydrogen) atoms. The normalized spacial score (nSPS) is 10.1. The summed E-state index contributed by atoms with van der Waals surface area (Å²) >= 11 is 0. The van der Waals surface area contributed by atoms with Crippen LogP contribution in [0.5, 0.6) is 0 Å². The average molecular weight is 722 g/mol. The van der Waals surface area contributed by atoms with Crippen LogP contribution in [0.15, 0.2) is 206 Å². The molecule has 0 unspecified atom stereocenters. The molecule has 0 bridgehead atoms. The van der Waals surface area contributed by atoms with E-state index in [1.807, 2.05) is 24.3 Å². The van der Waals surface area contributed by atoms with Crippen molar-refractivity contribution in [2.75, 3.05) is 0 Å². The van der Waals surface area contributed by atoms with E-state index in [0.29, 0.717) is 0 Å². The Morgan fingerprint density at radius 2 is 0.500 bits per heavy atom. The Morgan fingerprint density at radius 1 is 0.304 bits per heavy atom. The first kappa shape index (κ1) is 34.9. The summed E-state index contributed by atoms with van der Waals surface area (Å²) in [7, 11) is -0.892. The molecule has 0 radical (unpaired) electrons. The molecule has 7 rings (SSSR count). The van der Waals surface area contributed by atoms with Crippen molar-refractivity contribution in [3.05, 3.63) is 218 Å². The summed E-state index contributed by atoms with van der Waals surface area (Å²) in [5.41, 5.74) is 1.29. The molecule has 0 N–H and O–H groups in total. The topological polar surface area (TPSA) is 0 Å². The maximum absolute atomic E-state index is 2.93. The fourth-order valence-corrected chi connectivity index (χ4v) is 9.44. The molecule has 0 saturated heterocycles. The van der Waals surface area contributed by atoms with E-state index in [1.165, 1.54) is 37.4 Å². The first-order valence-corrected chi connectivity index (χ1v) is 17.8. The first-order valence-electron chi connectivity index (χ1n) is 15.1. The van der Waals surface area contributed by atoms with Gasteiger partial charge in [0.1, 0.15) is 0 Å². The maximum atomic E-state index is 2.93. The Hall–Kier alpha value is -3.94. The zero-order valence-corrected chi connectivity index (χ0v) is 29.2. The van der Waals surface area contributed by atoms with Gasteiger partial charge in [0.15, 0.2) is 0 Å². The third-order valence-corrected chi connectivity index (χ3v) is 11.9. The summed E-state index contributed by atoms with van der Waals surface area (Å²) in [6.07, 6.45) is 0. The van der Waals surface area contributed by atoms with Gasteiger partial charge in [0.2, 0.25) is 0 Å². The molecule has 3 heteroatoms. The Labute approximate surface area is 291 Å². The predicted molar refractivity (Wildman–Crippen MR) is 200 cm³/mol. The number of benzene rings is 7. The van der Waals surface area contributed by atoms with Crippen molar-refractivity contribution < 1.29 is 20.4 Å². The Morgan fingerprint density at radius 3 is 0.652 bits per heavy atom. The summed E-state index contributed by atoms with van der Waals surface area (Å²) < 4.78 is 0. The van der Waals surface area contributed by atoms with Crippen molar-refractivity contribution in [2.24, 2.45) is 0 Å². The molecule has 0 fully saturated rings. The van der Waals surface area contributed by atoms with E-state index in [-0.39, 0.29) is 20.4 Å². The summed E-state index contributed by atoms with van der Waals surface area (Å²) in [5, 5.41) is 8.39. The van der Waals surface area contributed by atoms with Crippen LogP contribution in [-0.4, -0.2) is 0 Å². The molecule has 7 aromatic rings. The number of hydrogen-bond acceptors (Lipinski definition) is 0. The fourth-order valence-electron chi connectivity index (χ4n) is 4.83. The molecule has 7 aromatic carbocycles. The van der Waals surface area contributed by atoms with Crippen LogP contribution < -0.4 is 31.8 Å². The Kier molecular flexibility index (Phi) is 14.8. The third kappa shape index (κ3) is 10.6. The van der Waals surface area contributed by atoms with Crippen LogP contribution in [0.25, 0.3) is 0 Å². The smallest absolute Gasteiger partial charge is 0.184 e. The van der Waals surface area contributed by atoms with Crippen LogP contribution >= 0.6 is 15.8 Å². The van der Waals surface area contributed by atoms with Gasteiger partial charge in [-0.25, -0.2) is 0 Å². The van der Waals surface area contributed by atoms with Crippen LogP contribution in [0.2, 0.25) is 0 Å². The monoisotopic (exact) mass is 721 g/mol.